The molecule has 0 aliphatic carbocycles. The van der Waals surface area contributed by atoms with Gasteiger partial charge in [-0.05, 0) is 11.1 Å². The molecule has 0 saturated heterocycles. The molecule has 2 rings (SSSR count). The van der Waals surface area contributed by atoms with E-state index in [1.165, 1.54) is 18.1 Å². The van der Waals surface area contributed by atoms with Crippen LogP contribution in [-0.2, 0) is 22.7 Å². The monoisotopic (exact) mass is 177 g/mol. The predicted octanol–water partition coefficient (Wildman–Crippen LogP) is 1.48. The van der Waals surface area contributed by atoms with Crippen LogP contribution in [0.5, 0.6) is 0 Å². The number of carbonyl (C=O) groups excluding carboxylic acids is 1. The Hall–Kier alpha value is -1.35. The molecular weight excluding hydrogens is 166 g/mol. The SMILES string of the molecule is CC(=O)ON1Cc2ccccc2C1. The highest BCUT2D eigenvalue weighted by Gasteiger charge is 2.20. The predicted molar refractivity (Wildman–Crippen MR) is 47.5 cm³/mol. The van der Waals surface area contributed by atoms with Crippen molar-refractivity contribution in [3.63, 3.8) is 0 Å². The molecule has 0 aromatic heterocycles. The zero-order chi connectivity index (χ0) is 9.26. The number of hydrogen-bond donors (Lipinski definition) is 0. The fraction of sp³-hybridized carbons (Fsp3) is 0.300. The molecule has 1 heterocycles. The van der Waals surface area contributed by atoms with Crippen LogP contribution in [0, 0.1) is 0 Å². The largest absolute Gasteiger partial charge is 0.368 e. The lowest BCUT2D eigenvalue weighted by Crippen LogP contribution is -2.19. The second-order valence-electron chi connectivity index (χ2n) is 3.15. The number of hydroxylamine groups is 2. The summed E-state index contributed by atoms with van der Waals surface area (Å²) in [7, 11) is 0. The average molecular weight is 177 g/mol. The maximum absolute atomic E-state index is 10.7. The van der Waals surface area contributed by atoms with Gasteiger partial charge in [-0.15, -0.1) is 5.06 Å². The first kappa shape index (κ1) is 8.26. The van der Waals surface area contributed by atoms with Gasteiger partial charge in [-0.1, -0.05) is 24.3 Å². The van der Waals surface area contributed by atoms with Crippen LogP contribution in [0.25, 0.3) is 0 Å². The minimum Gasteiger partial charge on any atom is -0.368 e. The molecule has 1 aromatic carbocycles. The number of benzene rings is 1. The lowest BCUT2D eigenvalue weighted by molar-refractivity contribution is -0.190. The van der Waals surface area contributed by atoms with Gasteiger partial charge in [-0.25, -0.2) is 0 Å². The van der Waals surface area contributed by atoms with Crippen molar-refractivity contribution in [1.29, 1.82) is 0 Å². The van der Waals surface area contributed by atoms with Gasteiger partial charge in [-0.2, -0.15) is 0 Å². The number of nitrogens with zero attached hydrogens (tertiary/aromatic N) is 1. The Kier molecular flexibility index (Phi) is 2.02. The molecule has 0 spiro atoms. The maximum Gasteiger partial charge on any atom is 0.322 e. The fourth-order valence-electron chi connectivity index (χ4n) is 1.55. The fourth-order valence-corrected chi connectivity index (χ4v) is 1.55. The molecular formula is C10H11NO2. The van der Waals surface area contributed by atoms with Crippen molar-refractivity contribution >= 4 is 5.97 Å². The summed E-state index contributed by atoms with van der Waals surface area (Å²) in [5.41, 5.74) is 2.48. The summed E-state index contributed by atoms with van der Waals surface area (Å²) in [6, 6.07) is 8.10. The van der Waals surface area contributed by atoms with Crippen molar-refractivity contribution in [2.45, 2.75) is 20.0 Å². The topological polar surface area (TPSA) is 29.5 Å². The molecule has 0 saturated carbocycles. The van der Waals surface area contributed by atoms with Gasteiger partial charge in [0.2, 0.25) is 0 Å². The smallest absolute Gasteiger partial charge is 0.322 e. The van der Waals surface area contributed by atoms with Crippen molar-refractivity contribution in [3.05, 3.63) is 35.4 Å². The molecule has 0 N–H and O–H groups in total. The zero-order valence-electron chi connectivity index (χ0n) is 7.49. The van der Waals surface area contributed by atoms with Crippen molar-refractivity contribution < 1.29 is 9.63 Å². The summed E-state index contributed by atoms with van der Waals surface area (Å²) < 4.78 is 0. The van der Waals surface area contributed by atoms with Crippen molar-refractivity contribution in [2.24, 2.45) is 0 Å². The Morgan fingerprint density at radius 2 is 1.85 bits per heavy atom. The molecule has 13 heavy (non-hydrogen) atoms. The van der Waals surface area contributed by atoms with Crippen LogP contribution < -0.4 is 0 Å². The van der Waals surface area contributed by atoms with Gasteiger partial charge >= 0.3 is 5.97 Å². The van der Waals surface area contributed by atoms with Crippen LogP contribution in [0.2, 0.25) is 0 Å². The van der Waals surface area contributed by atoms with E-state index < -0.39 is 0 Å². The van der Waals surface area contributed by atoms with Gasteiger partial charge in [0.05, 0.1) is 13.1 Å². The molecule has 3 heteroatoms. The second kappa shape index (κ2) is 3.18. The highest BCUT2D eigenvalue weighted by molar-refractivity contribution is 5.65. The van der Waals surface area contributed by atoms with Crippen LogP contribution in [-0.4, -0.2) is 11.0 Å². The normalized spacial score (nSPS) is 15.5. The maximum atomic E-state index is 10.7. The molecule has 0 amide bonds. The van der Waals surface area contributed by atoms with Gasteiger partial charge in [-0.3, -0.25) is 4.79 Å². The Balaban J connectivity index is 2.09. The molecule has 0 atom stereocenters. The van der Waals surface area contributed by atoms with Gasteiger partial charge in [0, 0.05) is 6.92 Å². The lowest BCUT2D eigenvalue weighted by atomic mass is 10.1. The Labute approximate surface area is 76.9 Å². The van der Waals surface area contributed by atoms with Crippen LogP contribution in [0.4, 0.5) is 0 Å². The molecule has 0 bridgehead atoms. The molecule has 1 aliphatic rings. The van der Waals surface area contributed by atoms with E-state index in [-0.39, 0.29) is 5.97 Å². The average Bonchev–Trinajstić information content (AvgIpc) is 2.44. The van der Waals surface area contributed by atoms with E-state index >= 15 is 0 Å². The van der Waals surface area contributed by atoms with E-state index in [2.05, 4.69) is 12.1 Å². The molecule has 0 fully saturated rings. The molecule has 0 unspecified atom stereocenters. The highest BCUT2D eigenvalue weighted by atomic mass is 16.7. The summed E-state index contributed by atoms with van der Waals surface area (Å²) in [5, 5.41) is 1.67. The van der Waals surface area contributed by atoms with Crippen molar-refractivity contribution in [1.82, 2.24) is 5.06 Å². The lowest BCUT2D eigenvalue weighted by Gasteiger charge is -2.11. The second-order valence-corrected chi connectivity index (χ2v) is 3.15. The Bertz CT molecular complexity index is 310. The Morgan fingerprint density at radius 1 is 1.31 bits per heavy atom. The van der Waals surface area contributed by atoms with Crippen LogP contribution >= 0.6 is 0 Å². The number of rotatable bonds is 1. The standard InChI is InChI=1S/C10H11NO2/c1-8(12)13-11-6-9-4-2-3-5-10(9)7-11/h2-5H,6-7H2,1H3. The molecule has 3 nitrogen and oxygen atoms in total. The van der Waals surface area contributed by atoms with E-state index in [9.17, 15) is 4.79 Å². The van der Waals surface area contributed by atoms with E-state index in [0.717, 1.165) is 0 Å². The Morgan fingerprint density at radius 3 is 2.31 bits per heavy atom. The summed E-state index contributed by atoms with van der Waals surface area (Å²) in [6.45, 7) is 2.83. The van der Waals surface area contributed by atoms with E-state index in [1.54, 1.807) is 5.06 Å². The third-order valence-electron chi connectivity index (χ3n) is 2.07. The first-order chi connectivity index (χ1) is 6.25. The highest BCUT2D eigenvalue weighted by Crippen LogP contribution is 2.21. The van der Waals surface area contributed by atoms with E-state index in [0.29, 0.717) is 13.1 Å². The third-order valence-corrected chi connectivity index (χ3v) is 2.07. The summed E-state index contributed by atoms with van der Waals surface area (Å²) >= 11 is 0. The van der Waals surface area contributed by atoms with Crippen LogP contribution in [0.1, 0.15) is 18.1 Å². The van der Waals surface area contributed by atoms with Gasteiger partial charge in [0.25, 0.3) is 0 Å². The minimum absolute atomic E-state index is 0.257. The molecule has 1 aliphatic heterocycles. The van der Waals surface area contributed by atoms with E-state index in [4.69, 9.17) is 4.84 Å². The summed E-state index contributed by atoms with van der Waals surface area (Å²) in [4.78, 5) is 15.7. The van der Waals surface area contributed by atoms with Gasteiger partial charge in [0.15, 0.2) is 0 Å². The number of carbonyl (C=O) groups is 1. The summed E-state index contributed by atoms with van der Waals surface area (Å²) in [6.07, 6.45) is 0. The molecule has 1 aromatic rings. The van der Waals surface area contributed by atoms with Gasteiger partial charge < -0.3 is 4.84 Å². The van der Waals surface area contributed by atoms with Crippen molar-refractivity contribution in [2.75, 3.05) is 0 Å². The third kappa shape index (κ3) is 1.70. The zero-order valence-corrected chi connectivity index (χ0v) is 7.49. The van der Waals surface area contributed by atoms with Crippen LogP contribution in [0.15, 0.2) is 24.3 Å². The quantitative estimate of drug-likeness (QED) is 0.650. The first-order valence-electron chi connectivity index (χ1n) is 4.26. The summed E-state index contributed by atoms with van der Waals surface area (Å²) in [5.74, 6) is -0.257. The molecule has 68 valence electrons. The van der Waals surface area contributed by atoms with Crippen molar-refractivity contribution in [3.8, 4) is 0 Å². The molecule has 0 radical (unpaired) electrons. The first-order valence-corrected chi connectivity index (χ1v) is 4.26. The number of fused-ring (bicyclic) bond motifs is 1. The van der Waals surface area contributed by atoms with Crippen LogP contribution in [0.3, 0.4) is 0 Å². The number of hydrogen-bond acceptors (Lipinski definition) is 3. The minimum atomic E-state index is -0.257. The van der Waals surface area contributed by atoms with E-state index in [1.807, 2.05) is 12.1 Å². The van der Waals surface area contributed by atoms with Gasteiger partial charge in [0.1, 0.15) is 0 Å².